The Morgan fingerprint density at radius 3 is 2.31 bits per heavy atom. The summed E-state index contributed by atoms with van der Waals surface area (Å²) in [6, 6.07) is 7.94. The molecule has 0 saturated carbocycles. The monoisotopic (exact) mass is 223 g/mol. The van der Waals surface area contributed by atoms with Crippen molar-refractivity contribution in [2.45, 2.75) is 32.7 Å². The minimum Gasteiger partial charge on any atom is -0.490 e. The van der Waals surface area contributed by atoms with Gasteiger partial charge in [0.25, 0.3) is 0 Å². The summed E-state index contributed by atoms with van der Waals surface area (Å²) in [6.07, 6.45) is 1.85. The largest absolute Gasteiger partial charge is 0.490 e. The van der Waals surface area contributed by atoms with Crippen molar-refractivity contribution < 1.29 is 9.47 Å². The summed E-state index contributed by atoms with van der Waals surface area (Å²) in [5.74, 6) is 1.60. The summed E-state index contributed by atoms with van der Waals surface area (Å²) in [6.45, 7) is 5.33. The highest BCUT2D eigenvalue weighted by molar-refractivity contribution is 5.39. The highest BCUT2D eigenvalue weighted by Crippen LogP contribution is 2.26. The van der Waals surface area contributed by atoms with Gasteiger partial charge in [0.2, 0.25) is 0 Å². The molecule has 0 amide bonds. The van der Waals surface area contributed by atoms with Crippen LogP contribution in [-0.2, 0) is 0 Å². The van der Waals surface area contributed by atoms with E-state index in [4.69, 9.17) is 15.2 Å². The Labute approximate surface area is 97.6 Å². The summed E-state index contributed by atoms with van der Waals surface area (Å²) in [4.78, 5) is 0. The molecule has 1 aromatic rings. The zero-order chi connectivity index (χ0) is 11.8. The number of hydrogen-bond acceptors (Lipinski definition) is 3. The van der Waals surface area contributed by atoms with Crippen LogP contribution >= 0.6 is 0 Å². The molecule has 2 N–H and O–H groups in total. The molecule has 1 unspecified atom stereocenters. The van der Waals surface area contributed by atoms with E-state index in [0.29, 0.717) is 13.2 Å². The number of benzene rings is 1. The second kappa shape index (κ2) is 7.12. The van der Waals surface area contributed by atoms with Gasteiger partial charge in [0.05, 0.1) is 13.2 Å². The molecule has 0 saturated heterocycles. The Morgan fingerprint density at radius 2 is 1.75 bits per heavy atom. The van der Waals surface area contributed by atoms with Gasteiger partial charge in [0.1, 0.15) is 0 Å². The fraction of sp³-hybridized carbons (Fsp3) is 0.538. The lowest BCUT2D eigenvalue weighted by atomic mass is 10.2. The number of rotatable bonds is 7. The van der Waals surface area contributed by atoms with Gasteiger partial charge in [-0.05, 0) is 31.9 Å². The van der Waals surface area contributed by atoms with E-state index < -0.39 is 0 Å². The van der Waals surface area contributed by atoms with Crippen LogP contribution in [0.3, 0.4) is 0 Å². The number of hydrogen-bond donors (Lipinski definition) is 1. The van der Waals surface area contributed by atoms with Gasteiger partial charge in [-0.2, -0.15) is 0 Å². The molecule has 0 aromatic heterocycles. The van der Waals surface area contributed by atoms with E-state index in [2.05, 4.69) is 6.92 Å². The van der Waals surface area contributed by atoms with E-state index in [-0.39, 0.29) is 6.04 Å². The first-order valence-electron chi connectivity index (χ1n) is 5.88. The Hall–Kier alpha value is -1.22. The third-order valence-corrected chi connectivity index (χ3v) is 2.42. The fourth-order valence-corrected chi connectivity index (χ4v) is 1.37. The normalized spacial score (nSPS) is 12.2. The van der Waals surface area contributed by atoms with Crippen LogP contribution in [0, 0.1) is 0 Å². The first kappa shape index (κ1) is 12.8. The van der Waals surface area contributed by atoms with Crippen molar-refractivity contribution in [3.05, 3.63) is 24.3 Å². The van der Waals surface area contributed by atoms with Crippen LogP contribution in [0.25, 0.3) is 0 Å². The zero-order valence-electron chi connectivity index (χ0n) is 10.1. The molecular weight excluding hydrogens is 202 g/mol. The second-order valence-corrected chi connectivity index (χ2v) is 3.69. The smallest absolute Gasteiger partial charge is 0.161 e. The van der Waals surface area contributed by atoms with Gasteiger partial charge in [-0.3, -0.25) is 0 Å². The highest BCUT2D eigenvalue weighted by Gasteiger charge is 2.04. The molecular formula is C13H21NO2. The van der Waals surface area contributed by atoms with Gasteiger partial charge in [0.15, 0.2) is 11.5 Å². The predicted molar refractivity (Wildman–Crippen MR) is 66.0 cm³/mol. The average Bonchev–Trinajstić information content (AvgIpc) is 2.31. The van der Waals surface area contributed by atoms with Gasteiger partial charge >= 0.3 is 0 Å². The molecule has 1 atom stereocenters. The molecule has 0 radical (unpaired) electrons. The van der Waals surface area contributed by atoms with Crippen molar-refractivity contribution in [1.29, 1.82) is 0 Å². The van der Waals surface area contributed by atoms with Crippen LogP contribution < -0.4 is 15.2 Å². The van der Waals surface area contributed by atoms with Crippen molar-refractivity contribution in [1.82, 2.24) is 0 Å². The van der Waals surface area contributed by atoms with Gasteiger partial charge < -0.3 is 15.2 Å². The molecule has 0 fully saturated rings. The maximum atomic E-state index is 5.82. The molecule has 0 spiro atoms. The molecule has 16 heavy (non-hydrogen) atoms. The molecule has 0 heterocycles. The maximum absolute atomic E-state index is 5.82. The SMILES string of the molecule is CCOc1ccccc1OCCC(N)CC. The average molecular weight is 223 g/mol. The summed E-state index contributed by atoms with van der Waals surface area (Å²) in [5, 5.41) is 0. The van der Waals surface area contributed by atoms with Crippen molar-refractivity contribution in [2.75, 3.05) is 13.2 Å². The maximum Gasteiger partial charge on any atom is 0.161 e. The van der Waals surface area contributed by atoms with Gasteiger partial charge in [0, 0.05) is 6.04 Å². The van der Waals surface area contributed by atoms with Crippen LogP contribution in [0.15, 0.2) is 24.3 Å². The molecule has 0 aliphatic carbocycles. The van der Waals surface area contributed by atoms with E-state index in [0.717, 1.165) is 24.3 Å². The topological polar surface area (TPSA) is 44.5 Å². The highest BCUT2D eigenvalue weighted by atomic mass is 16.5. The Bertz CT molecular complexity index is 302. The molecule has 0 aliphatic heterocycles. The Kier molecular flexibility index (Phi) is 5.72. The van der Waals surface area contributed by atoms with E-state index in [1.165, 1.54) is 0 Å². The van der Waals surface area contributed by atoms with Crippen molar-refractivity contribution >= 4 is 0 Å². The second-order valence-electron chi connectivity index (χ2n) is 3.69. The van der Waals surface area contributed by atoms with E-state index in [1.54, 1.807) is 0 Å². The lowest BCUT2D eigenvalue weighted by Gasteiger charge is -2.13. The van der Waals surface area contributed by atoms with Crippen LogP contribution in [0.2, 0.25) is 0 Å². The third-order valence-electron chi connectivity index (χ3n) is 2.42. The number of nitrogens with two attached hydrogens (primary N) is 1. The fourth-order valence-electron chi connectivity index (χ4n) is 1.37. The molecule has 0 aliphatic rings. The van der Waals surface area contributed by atoms with Crippen molar-refractivity contribution in [2.24, 2.45) is 5.73 Å². The molecule has 0 bridgehead atoms. The number of para-hydroxylation sites is 2. The predicted octanol–water partition coefficient (Wildman–Crippen LogP) is 2.59. The van der Waals surface area contributed by atoms with Gasteiger partial charge in [-0.15, -0.1) is 0 Å². The molecule has 90 valence electrons. The number of ether oxygens (including phenoxy) is 2. The van der Waals surface area contributed by atoms with E-state index in [9.17, 15) is 0 Å². The lowest BCUT2D eigenvalue weighted by Crippen LogP contribution is -2.21. The third kappa shape index (κ3) is 4.11. The van der Waals surface area contributed by atoms with Crippen molar-refractivity contribution in [3.63, 3.8) is 0 Å². The molecule has 3 nitrogen and oxygen atoms in total. The van der Waals surface area contributed by atoms with E-state index in [1.807, 2.05) is 31.2 Å². The standard InChI is InChI=1S/C13H21NO2/c1-3-11(14)9-10-16-13-8-6-5-7-12(13)15-4-2/h5-8,11H,3-4,9-10,14H2,1-2H3. The first-order chi connectivity index (χ1) is 7.77. The van der Waals surface area contributed by atoms with Crippen molar-refractivity contribution in [3.8, 4) is 11.5 Å². The lowest BCUT2D eigenvalue weighted by molar-refractivity contribution is 0.265. The van der Waals surface area contributed by atoms with Crippen LogP contribution in [0.5, 0.6) is 11.5 Å². The molecule has 1 aromatic carbocycles. The minimum atomic E-state index is 0.222. The van der Waals surface area contributed by atoms with Crippen LogP contribution in [-0.4, -0.2) is 19.3 Å². The summed E-state index contributed by atoms with van der Waals surface area (Å²) in [5.41, 5.74) is 5.82. The van der Waals surface area contributed by atoms with Gasteiger partial charge in [-0.1, -0.05) is 19.1 Å². The Morgan fingerprint density at radius 1 is 1.12 bits per heavy atom. The first-order valence-corrected chi connectivity index (χ1v) is 5.88. The summed E-state index contributed by atoms with van der Waals surface area (Å²) in [7, 11) is 0. The zero-order valence-corrected chi connectivity index (χ0v) is 10.1. The summed E-state index contributed by atoms with van der Waals surface area (Å²) >= 11 is 0. The Balaban J connectivity index is 2.46. The van der Waals surface area contributed by atoms with Crippen LogP contribution in [0.1, 0.15) is 26.7 Å². The minimum absolute atomic E-state index is 0.222. The van der Waals surface area contributed by atoms with Crippen LogP contribution in [0.4, 0.5) is 0 Å². The molecule has 1 rings (SSSR count). The van der Waals surface area contributed by atoms with E-state index >= 15 is 0 Å². The quantitative estimate of drug-likeness (QED) is 0.772. The van der Waals surface area contributed by atoms with Gasteiger partial charge in [-0.25, -0.2) is 0 Å². The summed E-state index contributed by atoms with van der Waals surface area (Å²) < 4.78 is 11.1. The molecule has 3 heteroatoms.